The highest BCUT2D eigenvalue weighted by molar-refractivity contribution is 7.84. The van der Waals surface area contributed by atoms with Gasteiger partial charge in [-0.15, -0.1) is 0 Å². The number of urea groups is 1. The monoisotopic (exact) mass is 335 g/mol. The molecule has 0 unspecified atom stereocenters. The van der Waals surface area contributed by atoms with Gasteiger partial charge in [-0.1, -0.05) is 12.1 Å². The number of aromatic nitrogens is 1. The van der Waals surface area contributed by atoms with Gasteiger partial charge in [0.1, 0.15) is 0 Å². The molecule has 0 aliphatic heterocycles. The number of carbonyl (C=O) groups is 1. The summed E-state index contributed by atoms with van der Waals surface area (Å²) in [6, 6.07) is 7.96. The third-order valence-electron chi connectivity index (χ3n) is 3.61. The number of carbonyl (C=O) groups excluding carboxylic acids is 1. The molecule has 1 N–H and O–H groups in total. The number of rotatable bonds is 4. The number of amides is 2. The second kappa shape index (κ2) is 7.32. The Morgan fingerprint density at radius 1 is 1.30 bits per heavy atom. The highest BCUT2D eigenvalue weighted by Crippen LogP contribution is 2.21. The van der Waals surface area contributed by atoms with Crippen molar-refractivity contribution >= 4 is 22.5 Å². The fraction of sp³-hybridized carbons (Fsp3) is 0.250. The van der Waals surface area contributed by atoms with Crippen molar-refractivity contribution in [2.75, 3.05) is 18.6 Å². The quantitative estimate of drug-likeness (QED) is 0.933. The van der Waals surface area contributed by atoms with Crippen molar-refractivity contribution in [3.05, 3.63) is 54.1 Å². The number of hydrogen-bond acceptors (Lipinski definition) is 3. The first-order valence-corrected chi connectivity index (χ1v) is 8.52. The summed E-state index contributed by atoms with van der Waals surface area (Å²) >= 11 is 0. The minimum absolute atomic E-state index is 0.0841. The van der Waals surface area contributed by atoms with Crippen LogP contribution in [0.4, 0.5) is 14.9 Å². The van der Waals surface area contributed by atoms with Crippen LogP contribution in [0.3, 0.4) is 0 Å². The van der Waals surface area contributed by atoms with Crippen LogP contribution in [0.2, 0.25) is 0 Å². The summed E-state index contributed by atoms with van der Waals surface area (Å²) in [5.74, 6) is -0.586. The fourth-order valence-electron chi connectivity index (χ4n) is 2.02. The van der Waals surface area contributed by atoms with E-state index >= 15 is 0 Å². The molecule has 1 aromatic heterocycles. The molecule has 23 heavy (non-hydrogen) atoms. The number of pyridine rings is 1. The van der Waals surface area contributed by atoms with E-state index in [1.54, 1.807) is 25.4 Å². The Morgan fingerprint density at radius 2 is 1.96 bits per heavy atom. The first-order chi connectivity index (χ1) is 10.9. The average molecular weight is 335 g/mol. The van der Waals surface area contributed by atoms with Crippen molar-refractivity contribution in [1.29, 1.82) is 0 Å². The summed E-state index contributed by atoms with van der Waals surface area (Å²) in [5, 5.41) is 2.51. The largest absolute Gasteiger partial charge is 0.322 e. The average Bonchev–Trinajstić information content (AvgIpc) is 2.55. The van der Waals surface area contributed by atoms with Crippen molar-refractivity contribution in [1.82, 2.24) is 9.88 Å². The highest BCUT2D eigenvalue weighted by Gasteiger charge is 2.18. The van der Waals surface area contributed by atoms with Crippen LogP contribution in [-0.2, 0) is 10.8 Å². The molecule has 0 aliphatic carbocycles. The van der Waals surface area contributed by atoms with E-state index in [2.05, 4.69) is 10.3 Å². The van der Waals surface area contributed by atoms with Gasteiger partial charge in [0.25, 0.3) is 0 Å². The molecule has 0 saturated heterocycles. The predicted molar refractivity (Wildman–Crippen MR) is 88.2 cm³/mol. The topological polar surface area (TPSA) is 62.3 Å². The summed E-state index contributed by atoms with van der Waals surface area (Å²) in [4.78, 5) is 18.1. The van der Waals surface area contributed by atoms with E-state index in [1.165, 1.54) is 17.2 Å². The smallest absolute Gasteiger partial charge is 0.321 e. The van der Waals surface area contributed by atoms with Crippen LogP contribution in [0.1, 0.15) is 18.5 Å². The van der Waals surface area contributed by atoms with Crippen molar-refractivity contribution < 1.29 is 13.4 Å². The summed E-state index contributed by atoms with van der Waals surface area (Å²) in [7, 11) is 0.590. The lowest BCUT2D eigenvalue weighted by molar-refractivity contribution is 0.208. The zero-order valence-electron chi connectivity index (χ0n) is 13.1. The van der Waals surface area contributed by atoms with Crippen LogP contribution in [0, 0.1) is 5.82 Å². The molecule has 1 aromatic carbocycles. The molecule has 0 radical (unpaired) electrons. The lowest BCUT2D eigenvalue weighted by atomic mass is 10.1. The SMILES string of the molecule is C[C@H](c1ccc([S@@](C)=O)cc1)N(C)C(=O)Nc1ccncc1F. The molecule has 0 spiro atoms. The molecule has 0 saturated carbocycles. The molecule has 7 heteroatoms. The van der Waals surface area contributed by atoms with E-state index in [1.807, 2.05) is 19.1 Å². The van der Waals surface area contributed by atoms with E-state index < -0.39 is 22.6 Å². The Hall–Kier alpha value is -2.28. The molecule has 1 heterocycles. The lowest BCUT2D eigenvalue weighted by Gasteiger charge is -2.25. The maximum atomic E-state index is 13.5. The van der Waals surface area contributed by atoms with Gasteiger partial charge in [0, 0.05) is 35.2 Å². The van der Waals surface area contributed by atoms with Crippen LogP contribution in [-0.4, -0.2) is 33.4 Å². The Morgan fingerprint density at radius 3 is 2.52 bits per heavy atom. The van der Waals surface area contributed by atoms with Crippen LogP contribution < -0.4 is 5.32 Å². The molecular weight excluding hydrogens is 317 g/mol. The van der Waals surface area contributed by atoms with Gasteiger partial charge >= 0.3 is 6.03 Å². The van der Waals surface area contributed by atoms with Gasteiger partial charge in [-0.25, -0.2) is 9.18 Å². The molecule has 0 bridgehead atoms. The Labute approximate surface area is 137 Å². The number of anilines is 1. The van der Waals surface area contributed by atoms with Crippen LogP contribution in [0.15, 0.2) is 47.6 Å². The van der Waals surface area contributed by atoms with E-state index in [-0.39, 0.29) is 11.7 Å². The maximum Gasteiger partial charge on any atom is 0.322 e. The first-order valence-electron chi connectivity index (χ1n) is 6.97. The second-order valence-electron chi connectivity index (χ2n) is 5.10. The third-order valence-corrected chi connectivity index (χ3v) is 4.55. The number of nitrogens with one attached hydrogen (secondary N) is 1. The minimum Gasteiger partial charge on any atom is -0.321 e. The Balaban J connectivity index is 2.09. The maximum absolute atomic E-state index is 13.5. The first kappa shape index (κ1) is 17.1. The molecular formula is C16H18FN3O2S. The predicted octanol–water partition coefficient (Wildman–Crippen LogP) is 3.18. The summed E-state index contributed by atoms with van der Waals surface area (Å²) in [5.41, 5.74) is 0.979. The Bertz CT molecular complexity index is 722. The van der Waals surface area contributed by atoms with Crippen molar-refractivity contribution in [3.63, 3.8) is 0 Å². The number of hydrogen-bond donors (Lipinski definition) is 1. The molecule has 2 amide bonds. The van der Waals surface area contributed by atoms with Gasteiger partial charge in [-0.3, -0.25) is 9.19 Å². The molecule has 0 fully saturated rings. The fourth-order valence-corrected chi connectivity index (χ4v) is 2.54. The molecule has 2 rings (SSSR count). The van der Waals surface area contributed by atoms with E-state index in [4.69, 9.17) is 0 Å². The molecule has 122 valence electrons. The number of halogens is 1. The number of benzene rings is 1. The van der Waals surface area contributed by atoms with E-state index in [9.17, 15) is 13.4 Å². The van der Waals surface area contributed by atoms with Gasteiger partial charge in [0.2, 0.25) is 0 Å². The molecule has 2 atom stereocenters. The Kier molecular flexibility index (Phi) is 5.44. The van der Waals surface area contributed by atoms with Crippen LogP contribution in [0.25, 0.3) is 0 Å². The third kappa shape index (κ3) is 4.13. The van der Waals surface area contributed by atoms with Crippen molar-refractivity contribution in [2.24, 2.45) is 0 Å². The van der Waals surface area contributed by atoms with Gasteiger partial charge in [-0.05, 0) is 30.7 Å². The van der Waals surface area contributed by atoms with Gasteiger partial charge in [0.15, 0.2) is 5.82 Å². The summed E-state index contributed by atoms with van der Waals surface area (Å²) < 4.78 is 24.9. The van der Waals surface area contributed by atoms with E-state index in [0.29, 0.717) is 0 Å². The summed E-state index contributed by atoms with van der Waals surface area (Å²) in [6.07, 6.45) is 4.07. The van der Waals surface area contributed by atoms with Gasteiger partial charge < -0.3 is 10.2 Å². The normalized spacial score (nSPS) is 13.2. The summed E-state index contributed by atoms with van der Waals surface area (Å²) in [6.45, 7) is 1.86. The van der Waals surface area contributed by atoms with Crippen molar-refractivity contribution in [2.45, 2.75) is 17.9 Å². The zero-order valence-corrected chi connectivity index (χ0v) is 13.9. The van der Waals surface area contributed by atoms with Crippen LogP contribution in [0.5, 0.6) is 0 Å². The van der Waals surface area contributed by atoms with Gasteiger partial charge in [-0.2, -0.15) is 0 Å². The zero-order chi connectivity index (χ0) is 17.0. The van der Waals surface area contributed by atoms with Crippen LogP contribution >= 0.6 is 0 Å². The molecule has 0 aliphatic rings. The number of nitrogens with zero attached hydrogens (tertiary/aromatic N) is 2. The van der Waals surface area contributed by atoms with Gasteiger partial charge in [0.05, 0.1) is 17.9 Å². The standard InChI is InChI=1S/C16H18FN3O2S/c1-11(12-4-6-13(7-5-12)23(3)22)20(2)16(21)19-15-8-9-18-10-14(15)17/h4-11H,1-3H3,(H,18,19,21)/t11-,23-/m1/s1. The minimum atomic E-state index is -1.04. The molecule has 5 nitrogen and oxygen atoms in total. The lowest BCUT2D eigenvalue weighted by Crippen LogP contribution is -2.33. The van der Waals surface area contributed by atoms with Crippen molar-refractivity contribution in [3.8, 4) is 0 Å². The second-order valence-corrected chi connectivity index (χ2v) is 6.48. The van der Waals surface area contributed by atoms with E-state index in [0.717, 1.165) is 16.7 Å². The molecule has 2 aromatic rings. The highest BCUT2D eigenvalue weighted by atomic mass is 32.2.